The van der Waals surface area contributed by atoms with Gasteiger partial charge in [-0.1, -0.05) is 36.4 Å². The smallest absolute Gasteiger partial charge is 0.174 e. The van der Waals surface area contributed by atoms with Gasteiger partial charge in [-0.2, -0.15) is 0 Å². The van der Waals surface area contributed by atoms with Crippen molar-refractivity contribution in [3.05, 3.63) is 89.5 Å². The van der Waals surface area contributed by atoms with Gasteiger partial charge in [0.05, 0.1) is 42.7 Å². The zero-order valence-corrected chi connectivity index (χ0v) is 24.9. The van der Waals surface area contributed by atoms with Crippen LogP contribution in [0.5, 0.6) is 34.5 Å². The molecule has 0 unspecified atom stereocenters. The number of benzene rings is 3. The van der Waals surface area contributed by atoms with Crippen LogP contribution >= 0.6 is 0 Å². The van der Waals surface area contributed by atoms with Crippen molar-refractivity contribution in [2.45, 2.75) is 0 Å². The molecule has 0 spiro atoms. The van der Waals surface area contributed by atoms with Gasteiger partial charge in [0, 0.05) is 0 Å². The molecule has 0 radical (unpaired) electrons. The number of methoxy groups -OCH3 is 6. The van der Waals surface area contributed by atoms with Crippen molar-refractivity contribution in [1.82, 2.24) is 0 Å². The first-order valence-electron chi connectivity index (χ1n) is 13.1. The van der Waals surface area contributed by atoms with Crippen molar-refractivity contribution in [2.75, 3.05) is 42.7 Å². The van der Waals surface area contributed by atoms with Crippen molar-refractivity contribution < 1.29 is 42.8 Å². The Hall–Kier alpha value is -5.31. The zero-order valence-electron chi connectivity index (χ0n) is 24.9. The summed E-state index contributed by atoms with van der Waals surface area (Å²) in [5.41, 5.74) is 1.85. The van der Waals surface area contributed by atoms with E-state index in [9.17, 15) is 14.4 Å². The zero-order chi connectivity index (χ0) is 31.4. The Morgan fingerprint density at radius 2 is 0.698 bits per heavy atom. The number of hydrogen-bond donors (Lipinski definition) is 0. The summed E-state index contributed by atoms with van der Waals surface area (Å²) in [6, 6.07) is 15.3. The second kappa shape index (κ2) is 15.6. The first-order valence-corrected chi connectivity index (χ1v) is 13.1. The summed E-state index contributed by atoms with van der Waals surface area (Å²) < 4.78 is 31.7. The third kappa shape index (κ3) is 8.36. The third-order valence-electron chi connectivity index (χ3n) is 6.40. The average Bonchev–Trinajstić information content (AvgIpc) is 3.04. The van der Waals surface area contributed by atoms with Gasteiger partial charge in [-0.25, -0.2) is 0 Å². The summed E-state index contributed by atoms with van der Waals surface area (Å²) in [5, 5.41) is 0. The lowest BCUT2D eigenvalue weighted by Crippen LogP contribution is -2.28. The molecule has 9 nitrogen and oxygen atoms in total. The Kier molecular flexibility index (Phi) is 11.7. The highest BCUT2D eigenvalue weighted by Crippen LogP contribution is 2.30. The Morgan fingerprint density at radius 1 is 0.442 bits per heavy atom. The molecule has 0 heterocycles. The summed E-state index contributed by atoms with van der Waals surface area (Å²) in [6.07, 6.45) is 8.14. The van der Waals surface area contributed by atoms with Crippen molar-refractivity contribution in [3.63, 3.8) is 0 Å². The van der Waals surface area contributed by atoms with E-state index in [1.165, 1.54) is 79.1 Å². The summed E-state index contributed by atoms with van der Waals surface area (Å²) >= 11 is 0. The van der Waals surface area contributed by atoms with Crippen LogP contribution in [0.3, 0.4) is 0 Å². The second-order valence-corrected chi connectivity index (χ2v) is 8.98. The fourth-order valence-corrected chi connectivity index (χ4v) is 4.11. The maximum atomic E-state index is 13.3. The van der Waals surface area contributed by atoms with Crippen LogP contribution in [-0.2, 0) is 14.4 Å². The minimum absolute atomic E-state index is 0.469. The van der Waals surface area contributed by atoms with E-state index in [2.05, 4.69) is 0 Å². The van der Waals surface area contributed by atoms with E-state index in [1.54, 1.807) is 54.6 Å². The third-order valence-corrected chi connectivity index (χ3v) is 6.40. The first kappa shape index (κ1) is 32.2. The van der Waals surface area contributed by atoms with Gasteiger partial charge in [0.1, 0.15) is 5.92 Å². The maximum Gasteiger partial charge on any atom is 0.174 e. The minimum Gasteiger partial charge on any atom is -0.493 e. The highest BCUT2D eigenvalue weighted by molar-refractivity contribution is 6.28. The molecular weight excluding hydrogens is 552 g/mol. The predicted octanol–water partition coefficient (Wildman–Crippen LogP) is 5.50. The molecule has 0 fully saturated rings. The molecular formula is C34H34O9. The monoisotopic (exact) mass is 586 g/mol. The van der Waals surface area contributed by atoms with Crippen LogP contribution in [0, 0.1) is 5.92 Å². The van der Waals surface area contributed by atoms with E-state index in [4.69, 9.17) is 28.4 Å². The molecule has 0 bridgehead atoms. The molecule has 0 amide bonds. The van der Waals surface area contributed by atoms with Crippen LogP contribution in [0.2, 0.25) is 0 Å². The van der Waals surface area contributed by atoms with E-state index >= 15 is 0 Å². The molecule has 0 saturated heterocycles. The molecule has 3 aromatic rings. The van der Waals surface area contributed by atoms with E-state index in [0.29, 0.717) is 51.2 Å². The van der Waals surface area contributed by atoms with Crippen LogP contribution in [0.15, 0.2) is 72.8 Å². The molecule has 224 valence electrons. The highest BCUT2D eigenvalue weighted by Gasteiger charge is 2.29. The van der Waals surface area contributed by atoms with Crippen LogP contribution in [-0.4, -0.2) is 60.0 Å². The van der Waals surface area contributed by atoms with Gasteiger partial charge in [-0.15, -0.1) is 0 Å². The van der Waals surface area contributed by atoms with Crippen molar-refractivity contribution in [1.29, 1.82) is 0 Å². The summed E-state index contributed by atoms with van der Waals surface area (Å²) in [7, 11) is 9.05. The van der Waals surface area contributed by atoms with Gasteiger partial charge < -0.3 is 28.4 Å². The number of allylic oxidation sites excluding steroid dienone is 3. The van der Waals surface area contributed by atoms with E-state index in [0.717, 1.165) is 0 Å². The lowest BCUT2D eigenvalue weighted by molar-refractivity contribution is -0.134. The van der Waals surface area contributed by atoms with E-state index in [-0.39, 0.29) is 0 Å². The Morgan fingerprint density at radius 3 is 0.930 bits per heavy atom. The molecule has 0 aliphatic heterocycles. The fraction of sp³-hybridized carbons (Fsp3) is 0.206. The largest absolute Gasteiger partial charge is 0.493 e. The predicted molar refractivity (Wildman–Crippen MR) is 164 cm³/mol. The van der Waals surface area contributed by atoms with E-state index in [1.807, 2.05) is 0 Å². The number of hydrogen-bond acceptors (Lipinski definition) is 9. The summed E-state index contributed by atoms with van der Waals surface area (Å²) in [6.45, 7) is 0. The van der Waals surface area contributed by atoms with Gasteiger partial charge in [0.2, 0.25) is 0 Å². The molecule has 0 atom stereocenters. The molecule has 0 N–H and O–H groups in total. The van der Waals surface area contributed by atoms with Crippen molar-refractivity contribution in [3.8, 4) is 34.5 Å². The van der Waals surface area contributed by atoms with Crippen LogP contribution in [0.25, 0.3) is 18.2 Å². The number of carbonyl (C=O) groups is 3. The molecule has 0 saturated carbocycles. The van der Waals surface area contributed by atoms with Crippen molar-refractivity contribution in [2.24, 2.45) is 5.92 Å². The van der Waals surface area contributed by atoms with Crippen molar-refractivity contribution >= 4 is 35.6 Å². The van der Waals surface area contributed by atoms with Crippen LogP contribution in [0.1, 0.15) is 16.7 Å². The van der Waals surface area contributed by atoms with Gasteiger partial charge in [0.15, 0.2) is 51.8 Å². The molecule has 3 rings (SSSR count). The Labute approximate surface area is 250 Å². The fourth-order valence-electron chi connectivity index (χ4n) is 4.11. The SMILES string of the molecule is COc1ccc(/C=C/C(=O)C(C(=O)/C=C/c2ccc(OC)c(OC)c2)C(=O)/C=C/c2ccc(OC)c(OC)c2)cc1OC. The number of ether oxygens (including phenoxy) is 6. The lowest BCUT2D eigenvalue weighted by atomic mass is 9.92. The van der Waals surface area contributed by atoms with Crippen LogP contribution in [0.4, 0.5) is 0 Å². The minimum atomic E-state index is -1.61. The highest BCUT2D eigenvalue weighted by atomic mass is 16.5. The van der Waals surface area contributed by atoms with E-state index < -0.39 is 23.3 Å². The normalized spacial score (nSPS) is 11.2. The van der Waals surface area contributed by atoms with Gasteiger partial charge in [0.25, 0.3) is 0 Å². The number of rotatable bonds is 15. The van der Waals surface area contributed by atoms with Gasteiger partial charge in [-0.05, 0) is 71.3 Å². The molecule has 0 aromatic heterocycles. The topological polar surface area (TPSA) is 107 Å². The Bertz CT molecular complexity index is 1370. The number of ketones is 3. The van der Waals surface area contributed by atoms with Gasteiger partial charge >= 0.3 is 0 Å². The van der Waals surface area contributed by atoms with Gasteiger partial charge in [-0.3, -0.25) is 14.4 Å². The quantitative estimate of drug-likeness (QED) is 0.169. The summed E-state index contributed by atoms with van der Waals surface area (Å²) in [4.78, 5) is 40.0. The molecule has 0 aliphatic rings. The Balaban J connectivity index is 1.93. The lowest BCUT2D eigenvalue weighted by Gasteiger charge is -2.10. The second-order valence-electron chi connectivity index (χ2n) is 8.98. The standard InChI is InChI=1S/C34H34O9/c1-38-28-16-10-22(19-31(28)41-4)7-13-25(35)34(26(36)14-8-23-11-17-29(39-2)32(20-23)42-5)27(37)15-9-24-12-18-30(40-3)33(21-24)43-6/h7-21,34H,1-6H3/b13-7+,14-8+,15-9+. The summed E-state index contributed by atoms with van der Waals surface area (Å²) in [5.74, 6) is -0.677. The number of carbonyl (C=O) groups excluding carboxylic acids is 3. The molecule has 0 aliphatic carbocycles. The molecule has 9 heteroatoms. The van der Waals surface area contributed by atoms with Crippen LogP contribution < -0.4 is 28.4 Å². The molecule has 43 heavy (non-hydrogen) atoms. The maximum absolute atomic E-state index is 13.3. The first-order chi connectivity index (χ1) is 20.8. The molecule has 3 aromatic carbocycles. The average molecular weight is 587 g/mol.